The summed E-state index contributed by atoms with van der Waals surface area (Å²) < 4.78 is 0. The summed E-state index contributed by atoms with van der Waals surface area (Å²) in [5.41, 5.74) is 3.41. The van der Waals surface area contributed by atoms with Gasteiger partial charge in [0.2, 0.25) is 0 Å². The molecule has 2 heteroatoms. The molecule has 1 aliphatic rings. The predicted octanol–water partition coefficient (Wildman–Crippen LogP) is 3.63. The summed E-state index contributed by atoms with van der Waals surface area (Å²) >= 11 is 0. The highest BCUT2D eigenvalue weighted by atomic mass is 16.3. The van der Waals surface area contributed by atoms with Crippen molar-refractivity contribution in [2.45, 2.75) is 38.3 Å². The van der Waals surface area contributed by atoms with Gasteiger partial charge in [-0.05, 0) is 51.4 Å². The molecule has 1 fully saturated rings. The van der Waals surface area contributed by atoms with Crippen molar-refractivity contribution in [3.8, 4) is 0 Å². The summed E-state index contributed by atoms with van der Waals surface area (Å²) in [7, 11) is 2.12. The lowest BCUT2D eigenvalue weighted by Crippen LogP contribution is -2.47. The maximum atomic E-state index is 11.8. The molecule has 1 heterocycles. The molecular weight excluding hydrogens is 270 g/mol. The van der Waals surface area contributed by atoms with Crippen LogP contribution in [0.3, 0.4) is 0 Å². The van der Waals surface area contributed by atoms with E-state index in [2.05, 4.69) is 62.2 Å². The first-order valence-electron chi connectivity index (χ1n) is 8.08. The first-order chi connectivity index (χ1) is 10.5. The number of rotatable bonds is 3. The van der Waals surface area contributed by atoms with E-state index in [1.165, 1.54) is 11.1 Å². The zero-order chi connectivity index (χ0) is 15.7. The Labute approximate surface area is 133 Å². The standard InChI is InChI=1S/C20H25NO/c1-15-7-4-9-17(13-15)20(22,19-11-6-12-21(19)3)18-10-5-8-16(2)14-18/h4-5,7-10,13-14,19,22H,6,11-12H2,1-3H3/t19-/m0/s1. The first-order valence-corrected chi connectivity index (χ1v) is 8.08. The highest BCUT2D eigenvalue weighted by Gasteiger charge is 2.44. The minimum Gasteiger partial charge on any atom is -0.379 e. The van der Waals surface area contributed by atoms with Crippen LogP contribution in [0.1, 0.15) is 35.1 Å². The molecule has 2 nitrogen and oxygen atoms in total. The van der Waals surface area contributed by atoms with Gasteiger partial charge in [0.1, 0.15) is 5.60 Å². The molecule has 116 valence electrons. The number of nitrogens with zero attached hydrogens (tertiary/aromatic N) is 1. The molecule has 0 amide bonds. The van der Waals surface area contributed by atoms with Crippen molar-refractivity contribution >= 4 is 0 Å². The summed E-state index contributed by atoms with van der Waals surface area (Å²) in [6.07, 6.45) is 2.16. The van der Waals surface area contributed by atoms with Crippen molar-refractivity contribution in [2.24, 2.45) is 0 Å². The lowest BCUT2D eigenvalue weighted by atomic mass is 9.78. The fourth-order valence-corrected chi connectivity index (χ4v) is 3.75. The zero-order valence-corrected chi connectivity index (χ0v) is 13.7. The third-order valence-corrected chi connectivity index (χ3v) is 4.92. The molecule has 2 aromatic carbocycles. The van der Waals surface area contributed by atoms with E-state index in [-0.39, 0.29) is 6.04 Å². The van der Waals surface area contributed by atoms with E-state index in [1.54, 1.807) is 0 Å². The molecule has 0 unspecified atom stereocenters. The highest BCUT2D eigenvalue weighted by Crippen LogP contribution is 2.40. The molecule has 22 heavy (non-hydrogen) atoms. The second kappa shape index (κ2) is 5.86. The van der Waals surface area contributed by atoms with E-state index >= 15 is 0 Å². The van der Waals surface area contributed by atoms with Crippen LogP contribution in [-0.2, 0) is 5.60 Å². The van der Waals surface area contributed by atoms with Crippen LogP contribution in [0.25, 0.3) is 0 Å². The minimum absolute atomic E-state index is 0.121. The van der Waals surface area contributed by atoms with Gasteiger partial charge in [-0.1, -0.05) is 59.7 Å². The average Bonchev–Trinajstić information content (AvgIpc) is 2.93. The van der Waals surface area contributed by atoms with Gasteiger partial charge < -0.3 is 5.11 Å². The summed E-state index contributed by atoms with van der Waals surface area (Å²) in [4.78, 5) is 2.30. The normalized spacial score (nSPS) is 19.5. The van der Waals surface area contributed by atoms with Gasteiger partial charge in [-0.25, -0.2) is 0 Å². The van der Waals surface area contributed by atoms with E-state index in [1.807, 2.05) is 12.1 Å². The van der Waals surface area contributed by atoms with Gasteiger partial charge in [0.15, 0.2) is 0 Å². The number of likely N-dealkylation sites (N-methyl/N-ethyl adjacent to an activating group) is 1. The second-order valence-electron chi connectivity index (χ2n) is 6.64. The molecule has 0 saturated carbocycles. The van der Waals surface area contributed by atoms with Crippen molar-refractivity contribution in [3.63, 3.8) is 0 Å². The number of aliphatic hydroxyl groups is 1. The number of hydrogen-bond donors (Lipinski definition) is 1. The third-order valence-electron chi connectivity index (χ3n) is 4.92. The van der Waals surface area contributed by atoms with Crippen molar-refractivity contribution in [1.29, 1.82) is 0 Å². The van der Waals surface area contributed by atoms with Crippen LogP contribution >= 0.6 is 0 Å². The second-order valence-corrected chi connectivity index (χ2v) is 6.64. The van der Waals surface area contributed by atoms with E-state index in [4.69, 9.17) is 0 Å². The Morgan fingerprint density at radius 1 is 1.00 bits per heavy atom. The van der Waals surface area contributed by atoms with Gasteiger partial charge in [-0.2, -0.15) is 0 Å². The number of aryl methyl sites for hydroxylation is 2. The zero-order valence-electron chi connectivity index (χ0n) is 13.7. The van der Waals surface area contributed by atoms with Crippen molar-refractivity contribution in [2.75, 3.05) is 13.6 Å². The molecule has 0 spiro atoms. The van der Waals surface area contributed by atoms with E-state index in [0.29, 0.717) is 0 Å². The fraction of sp³-hybridized carbons (Fsp3) is 0.400. The topological polar surface area (TPSA) is 23.5 Å². The summed E-state index contributed by atoms with van der Waals surface area (Å²) in [6.45, 7) is 5.21. The Balaban J connectivity index is 2.17. The van der Waals surface area contributed by atoms with Crippen LogP contribution in [0.5, 0.6) is 0 Å². The Morgan fingerprint density at radius 2 is 1.55 bits per heavy atom. The maximum Gasteiger partial charge on any atom is 0.130 e. The average molecular weight is 295 g/mol. The Kier molecular flexibility index (Phi) is 4.07. The smallest absolute Gasteiger partial charge is 0.130 e. The van der Waals surface area contributed by atoms with Gasteiger partial charge >= 0.3 is 0 Å². The first kappa shape index (κ1) is 15.3. The van der Waals surface area contributed by atoms with Crippen LogP contribution in [-0.4, -0.2) is 29.6 Å². The van der Waals surface area contributed by atoms with Crippen LogP contribution in [0.2, 0.25) is 0 Å². The number of benzene rings is 2. The summed E-state index contributed by atoms with van der Waals surface area (Å²) in [5.74, 6) is 0. The molecule has 3 rings (SSSR count). The third kappa shape index (κ3) is 2.57. The van der Waals surface area contributed by atoms with Gasteiger partial charge in [0.25, 0.3) is 0 Å². The van der Waals surface area contributed by atoms with Gasteiger partial charge in [-0.15, -0.1) is 0 Å². The quantitative estimate of drug-likeness (QED) is 0.934. The maximum absolute atomic E-state index is 11.8. The molecule has 1 atom stereocenters. The van der Waals surface area contributed by atoms with Gasteiger partial charge in [-0.3, -0.25) is 4.90 Å². The molecule has 0 radical (unpaired) electrons. The van der Waals surface area contributed by atoms with E-state index in [9.17, 15) is 5.11 Å². The van der Waals surface area contributed by atoms with E-state index < -0.39 is 5.60 Å². The Bertz CT molecular complexity index is 619. The molecule has 1 saturated heterocycles. The number of hydrogen-bond acceptors (Lipinski definition) is 2. The van der Waals surface area contributed by atoms with Crippen molar-refractivity contribution < 1.29 is 5.11 Å². The fourth-order valence-electron chi connectivity index (χ4n) is 3.75. The Morgan fingerprint density at radius 3 is 1.95 bits per heavy atom. The molecule has 1 N–H and O–H groups in total. The van der Waals surface area contributed by atoms with Gasteiger partial charge in [0.05, 0.1) is 0 Å². The van der Waals surface area contributed by atoms with Gasteiger partial charge in [0, 0.05) is 6.04 Å². The van der Waals surface area contributed by atoms with Crippen LogP contribution in [0.4, 0.5) is 0 Å². The summed E-state index contributed by atoms with van der Waals surface area (Å²) in [6, 6.07) is 16.7. The van der Waals surface area contributed by atoms with Crippen LogP contribution in [0.15, 0.2) is 48.5 Å². The largest absolute Gasteiger partial charge is 0.379 e. The summed E-state index contributed by atoms with van der Waals surface area (Å²) in [5, 5.41) is 11.8. The van der Waals surface area contributed by atoms with Crippen LogP contribution < -0.4 is 0 Å². The Hall–Kier alpha value is -1.64. The molecule has 0 aromatic heterocycles. The molecule has 0 bridgehead atoms. The number of likely N-dealkylation sites (tertiary alicyclic amines) is 1. The van der Waals surface area contributed by atoms with Crippen molar-refractivity contribution in [1.82, 2.24) is 4.90 Å². The lowest BCUT2D eigenvalue weighted by Gasteiger charge is -2.39. The monoisotopic (exact) mass is 295 g/mol. The molecular formula is C20H25NO. The molecule has 2 aromatic rings. The lowest BCUT2D eigenvalue weighted by molar-refractivity contribution is 0.00460. The SMILES string of the molecule is Cc1cccc(C(O)(c2cccc(C)c2)[C@@H]2CCCN2C)c1. The van der Waals surface area contributed by atoms with Crippen molar-refractivity contribution in [3.05, 3.63) is 70.8 Å². The van der Waals surface area contributed by atoms with E-state index in [0.717, 1.165) is 30.5 Å². The predicted molar refractivity (Wildman–Crippen MR) is 91.0 cm³/mol. The molecule has 0 aliphatic carbocycles. The highest BCUT2D eigenvalue weighted by molar-refractivity contribution is 5.41. The van der Waals surface area contributed by atoms with Crippen LogP contribution in [0, 0.1) is 13.8 Å². The minimum atomic E-state index is -0.955. The molecule has 1 aliphatic heterocycles.